The van der Waals surface area contributed by atoms with E-state index in [0.29, 0.717) is 0 Å². The lowest BCUT2D eigenvalue weighted by molar-refractivity contribution is 0.0920. The number of halogens is 1. The fraction of sp³-hybridized carbons (Fsp3) is 0.125. The lowest BCUT2D eigenvalue weighted by atomic mass is 10.3. The molecular formula is C8H7IN2O. The Balaban J connectivity index is 2.61. The fourth-order valence-electron chi connectivity index (χ4n) is 1.07. The standard InChI is InChI=1S/C8H7IN2O/c1-6(12)11-8-2-3-9-4-7(8)5-10-11/h2-5H,1H3. The van der Waals surface area contributed by atoms with Crippen molar-refractivity contribution in [3.63, 3.8) is 0 Å². The van der Waals surface area contributed by atoms with Crippen molar-refractivity contribution < 1.29 is 4.79 Å². The molecule has 4 heteroatoms. The molecule has 12 heavy (non-hydrogen) atoms. The largest absolute Gasteiger partial charge is 0.273 e. The van der Waals surface area contributed by atoms with E-state index in [1.54, 1.807) is 6.20 Å². The highest BCUT2D eigenvalue weighted by Crippen LogP contribution is 2.18. The van der Waals surface area contributed by atoms with Crippen LogP contribution in [0.4, 0.5) is 0 Å². The number of fused-ring (bicyclic) bond motifs is 1. The molecule has 0 aliphatic carbocycles. The minimum atomic E-state index is -0.0330. The first-order chi connectivity index (χ1) is 5.79. The molecule has 2 rings (SSSR count). The molecule has 1 aliphatic heterocycles. The Morgan fingerprint density at radius 3 is 3.25 bits per heavy atom. The highest BCUT2D eigenvalue weighted by molar-refractivity contribution is 14.2. The summed E-state index contributed by atoms with van der Waals surface area (Å²) in [6.07, 6.45) is 3.73. The number of hydrogen-bond acceptors (Lipinski definition) is 2. The summed E-state index contributed by atoms with van der Waals surface area (Å²) in [5.74, 6) is -0.0330. The maximum Gasteiger partial charge on any atom is 0.244 e. The molecule has 0 fully saturated rings. The van der Waals surface area contributed by atoms with Crippen LogP contribution in [0.2, 0.25) is 0 Å². The van der Waals surface area contributed by atoms with Crippen LogP contribution in [0.5, 0.6) is 0 Å². The van der Waals surface area contributed by atoms with Gasteiger partial charge in [-0.1, -0.05) is 20.7 Å². The number of hydrogen-bond donors (Lipinski definition) is 0. The molecule has 0 radical (unpaired) electrons. The first-order valence-electron chi connectivity index (χ1n) is 3.50. The molecule has 1 aromatic heterocycles. The van der Waals surface area contributed by atoms with Crippen molar-refractivity contribution in [2.24, 2.45) is 0 Å². The van der Waals surface area contributed by atoms with Gasteiger partial charge in [0.05, 0.1) is 11.9 Å². The van der Waals surface area contributed by atoms with Crippen LogP contribution in [0.15, 0.2) is 10.3 Å². The molecule has 3 nitrogen and oxygen atoms in total. The second kappa shape index (κ2) is 2.93. The second-order valence-corrected chi connectivity index (χ2v) is 4.50. The van der Waals surface area contributed by atoms with E-state index in [-0.39, 0.29) is 26.6 Å². The van der Waals surface area contributed by atoms with Crippen LogP contribution >= 0.6 is 20.7 Å². The molecule has 2 heterocycles. The minimum Gasteiger partial charge on any atom is -0.273 e. The van der Waals surface area contributed by atoms with Crippen molar-refractivity contribution in [1.29, 1.82) is 0 Å². The molecule has 0 bridgehead atoms. The Morgan fingerprint density at radius 2 is 2.50 bits per heavy atom. The summed E-state index contributed by atoms with van der Waals surface area (Å²) < 4.78 is 5.73. The van der Waals surface area contributed by atoms with Crippen LogP contribution in [0.25, 0.3) is 6.08 Å². The summed E-state index contributed by atoms with van der Waals surface area (Å²) in [7, 11) is 0. The third-order valence-corrected chi connectivity index (χ3v) is 3.41. The van der Waals surface area contributed by atoms with Gasteiger partial charge in [-0.05, 0) is 14.2 Å². The molecule has 0 N–H and O–H groups in total. The molecule has 0 amide bonds. The van der Waals surface area contributed by atoms with Gasteiger partial charge in [-0.25, -0.2) is 4.68 Å². The normalized spacial score (nSPS) is 13.8. The van der Waals surface area contributed by atoms with E-state index in [1.165, 1.54) is 11.6 Å². The van der Waals surface area contributed by atoms with Gasteiger partial charge in [-0.2, -0.15) is 5.10 Å². The molecule has 0 aromatic carbocycles. The summed E-state index contributed by atoms with van der Waals surface area (Å²) >= 11 is 0.0490. The van der Waals surface area contributed by atoms with Crippen LogP contribution in [-0.2, 0) is 0 Å². The predicted octanol–water partition coefficient (Wildman–Crippen LogP) is 1.65. The Kier molecular flexibility index (Phi) is 1.92. The number of carbonyl (C=O) groups is 1. The first kappa shape index (κ1) is 7.85. The van der Waals surface area contributed by atoms with E-state index >= 15 is 0 Å². The summed E-state index contributed by atoms with van der Waals surface area (Å²) in [6, 6.07) is 0. The Hall–Kier alpha value is -0.780. The number of rotatable bonds is 0. The predicted molar refractivity (Wildman–Crippen MR) is 56.7 cm³/mol. The highest BCUT2D eigenvalue weighted by Gasteiger charge is 2.10. The van der Waals surface area contributed by atoms with Crippen LogP contribution in [-0.4, -0.2) is 19.7 Å². The van der Waals surface area contributed by atoms with E-state index in [1.807, 2.05) is 6.08 Å². The van der Waals surface area contributed by atoms with Crippen LogP contribution < -0.4 is 0 Å². The van der Waals surface area contributed by atoms with Crippen molar-refractivity contribution in [3.8, 4) is 0 Å². The molecule has 0 saturated heterocycles. The number of nitrogens with zero attached hydrogens (tertiary/aromatic N) is 2. The van der Waals surface area contributed by atoms with E-state index in [4.69, 9.17) is 0 Å². The smallest absolute Gasteiger partial charge is 0.244 e. The van der Waals surface area contributed by atoms with Crippen molar-refractivity contribution >= 4 is 36.7 Å². The maximum atomic E-state index is 11.0. The van der Waals surface area contributed by atoms with Crippen molar-refractivity contribution in [3.05, 3.63) is 21.5 Å². The molecule has 1 aliphatic rings. The van der Waals surface area contributed by atoms with Gasteiger partial charge in [0.2, 0.25) is 5.91 Å². The Labute approximate surface area is 79.8 Å². The molecule has 1 aromatic rings. The zero-order valence-electron chi connectivity index (χ0n) is 6.49. The third kappa shape index (κ3) is 1.16. The van der Waals surface area contributed by atoms with Crippen molar-refractivity contribution in [2.45, 2.75) is 6.92 Å². The van der Waals surface area contributed by atoms with Gasteiger partial charge in [0, 0.05) is 12.5 Å². The van der Waals surface area contributed by atoms with Crippen LogP contribution in [0, 0.1) is 0 Å². The van der Waals surface area contributed by atoms with Crippen LogP contribution in [0.1, 0.15) is 23.0 Å². The molecule has 0 atom stereocenters. The van der Waals surface area contributed by atoms with E-state index in [0.717, 1.165) is 11.3 Å². The summed E-state index contributed by atoms with van der Waals surface area (Å²) in [5.41, 5.74) is 2.02. The fourth-order valence-corrected chi connectivity index (χ4v) is 2.70. The second-order valence-electron chi connectivity index (χ2n) is 2.44. The third-order valence-electron chi connectivity index (χ3n) is 1.61. The van der Waals surface area contributed by atoms with Gasteiger partial charge >= 0.3 is 0 Å². The topological polar surface area (TPSA) is 34.9 Å². The summed E-state index contributed by atoms with van der Waals surface area (Å²) in [5, 5.41) is 4.00. The monoisotopic (exact) mass is 274 g/mol. The zero-order chi connectivity index (χ0) is 8.55. The number of aromatic nitrogens is 2. The minimum absolute atomic E-state index is 0.0330. The van der Waals surface area contributed by atoms with Gasteiger partial charge in [0.25, 0.3) is 0 Å². The van der Waals surface area contributed by atoms with E-state index < -0.39 is 0 Å². The van der Waals surface area contributed by atoms with Gasteiger partial charge in [-0.3, -0.25) is 4.79 Å². The quantitative estimate of drug-likeness (QED) is 0.674. The van der Waals surface area contributed by atoms with E-state index in [2.05, 4.69) is 13.2 Å². The average molecular weight is 274 g/mol. The average Bonchev–Trinajstić information content (AvgIpc) is 2.47. The lowest BCUT2D eigenvalue weighted by Gasteiger charge is -2.00. The van der Waals surface area contributed by atoms with Crippen LogP contribution in [0.3, 0.4) is 0 Å². The van der Waals surface area contributed by atoms with Crippen molar-refractivity contribution in [2.75, 3.05) is 0 Å². The molecule has 0 spiro atoms. The molecule has 0 saturated carbocycles. The van der Waals surface area contributed by atoms with Gasteiger partial charge in [0.1, 0.15) is 0 Å². The molecule has 62 valence electrons. The van der Waals surface area contributed by atoms with Crippen molar-refractivity contribution in [1.82, 2.24) is 9.78 Å². The first-order valence-corrected chi connectivity index (χ1v) is 5.99. The SMILES string of the molecule is CC(=O)n1ncc2c1C=CI=C2. The van der Waals surface area contributed by atoms with Gasteiger partial charge in [0.15, 0.2) is 0 Å². The lowest BCUT2D eigenvalue weighted by Crippen LogP contribution is -2.09. The van der Waals surface area contributed by atoms with Gasteiger partial charge < -0.3 is 0 Å². The Bertz CT molecular complexity index is 390. The molecular weight excluding hydrogens is 267 g/mol. The Morgan fingerprint density at radius 1 is 1.67 bits per heavy atom. The summed E-state index contributed by atoms with van der Waals surface area (Å²) in [6.45, 7) is 1.52. The number of carbonyl (C=O) groups excluding carboxylic acids is 1. The zero-order valence-corrected chi connectivity index (χ0v) is 8.65. The summed E-state index contributed by atoms with van der Waals surface area (Å²) in [4.78, 5) is 11.0. The maximum absolute atomic E-state index is 11.0. The highest BCUT2D eigenvalue weighted by atomic mass is 127. The van der Waals surface area contributed by atoms with Gasteiger partial charge in [-0.15, -0.1) is 0 Å². The molecule has 0 unspecified atom stereocenters. The van der Waals surface area contributed by atoms with E-state index in [9.17, 15) is 4.79 Å².